The summed E-state index contributed by atoms with van der Waals surface area (Å²) in [6, 6.07) is 10.4. The van der Waals surface area contributed by atoms with E-state index in [2.05, 4.69) is 26.3 Å². The number of amides is 4. The number of rotatable bonds is 12. The molecule has 14 nitrogen and oxygen atoms in total. The number of aromatic nitrogens is 3. The number of aliphatic carboxylic acids is 1. The summed E-state index contributed by atoms with van der Waals surface area (Å²) in [4.78, 5) is 63.4. The second kappa shape index (κ2) is 18.1. The molecule has 0 radical (unpaired) electrons. The lowest BCUT2D eigenvalue weighted by Crippen LogP contribution is -2.58. The van der Waals surface area contributed by atoms with Crippen LogP contribution in [-0.4, -0.2) is 98.5 Å². The Hall–Kier alpha value is -4.74. The lowest BCUT2D eigenvalue weighted by Gasteiger charge is -2.31. The summed E-state index contributed by atoms with van der Waals surface area (Å²) in [5, 5.41) is 24.9. The molecule has 1 saturated heterocycles. The van der Waals surface area contributed by atoms with E-state index in [0.717, 1.165) is 5.56 Å². The number of carboxylic acids is 1. The van der Waals surface area contributed by atoms with Gasteiger partial charge in [-0.05, 0) is 37.6 Å². The van der Waals surface area contributed by atoms with Crippen molar-refractivity contribution in [2.24, 2.45) is 11.7 Å². The second-order valence-corrected chi connectivity index (χ2v) is 13.1. The number of hydrogen-bond acceptors (Lipinski definition) is 8. The first-order valence-corrected chi connectivity index (χ1v) is 16.7. The summed E-state index contributed by atoms with van der Waals surface area (Å²) in [5.74, 6) is -5.04. The molecule has 6 N–H and O–H groups in total. The number of likely N-dealkylation sites (N-methyl/N-ethyl adjacent to an activating group) is 1. The molecule has 0 saturated carbocycles. The number of nitrogens with zero attached hydrogens (tertiary/aromatic N) is 4. The minimum absolute atomic E-state index is 0.113. The summed E-state index contributed by atoms with van der Waals surface area (Å²) < 4.78 is 33.3. The molecule has 52 heavy (non-hydrogen) atoms. The Bertz CT molecular complexity index is 1740. The number of likely N-dealkylation sites (tertiary alicyclic amines) is 1. The van der Waals surface area contributed by atoms with Gasteiger partial charge in [0.15, 0.2) is 0 Å². The third-order valence-corrected chi connectivity index (χ3v) is 8.95. The van der Waals surface area contributed by atoms with Gasteiger partial charge in [-0.15, -0.1) is 5.10 Å². The Labute approximate surface area is 307 Å². The first-order chi connectivity index (χ1) is 24.3. The van der Waals surface area contributed by atoms with E-state index in [9.17, 15) is 32.3 Å². The lowest BCUT2D eigenvalue weighted by atomic mass is 10.0. The van der Waals surface area contributed by atoms with Crippen LogP contribution in [-0.2, 0) is 30.4 Å². The van der Waals surface area contributed by atoms with Gasteiger partial charge < -0.3 is 31.7 Å². The van der Waals surface area contributed by atoms with E-state index in [1.54, 1.807) is 43.0 Å². The zero-order valence-corrected chi connectivity index (χ0v) is 30.0. The van der Waals surface area contributed by atoms with Gasteiger partial charge in [0.1, 0.15) is 23.8 Å². The van der Waals surface area contributed by atoms with Crippen LogP contribution < -0.4 is 21.7 Å². The number of carboxylic acid groups (broad SMARTS) is 1. The molecule has 3 aromatic rings. The fraction of sp³-hybridized carbons (Fsp3) is 0.424. The molecule has 4 amide bonds. The summed E-state index contributed by atoms with van der Waals surface area (Å²) in [6.07, 6.45) is -3.00. The van der Waals surface area contributed by atoms with Crippen molar-refractivity contribution in [3.05, 3.63) is 70.3 Å². The fourth-order valence-corrected chi connectivity index (χ4v) is 5.48. The van der Waals surface area contributed by atoms with Crippen LogP contribution in [0.4, 0.5) is 13.2 Å². The van der Waals surface area contributed by atoms with Gasteiger partial charge in [-0.1, -0.05) is 78.7 Å². The van der Waals surface area contributed by atoms with Gasteiger partial charge in [-0.25, -0.2) is 9.48 Å². The molecule has 2 aromatic carbocycles. The van der Waals surface area contributed by atoms with Crippen LogP contribution in [0.1, 0.15) is 38.8 Å². The maximum atomic E-state index is 14.1. The Balaban J connectivity index is 0.000000944. The molecular formula is C33H39Cl2F3N8O6. The molecule has 1 fully saturated rings. The number of nitrogens with one attached hydrogen (secondary N) is 3. The van der Waals surface area contributed by atoms with Gasteiger partial charge in [-0.2, -0.15) is 13.2 Å². The maximum Gasteiger partial charge on any atom is 0.490 e. The van der Waals surface area contributed by atoms with Gasteiger partial charge in [0.05, 0.1) is 28.3 Å². The highest BCUT2D eigenvalue weighted by atomic mass is 35.5. The van der Waals surface area contributed by atoms with Crippen molar-refractivity contribution in [3.63, 3.8) is 0 Å². The summed E-state index contributed by atoms with van der Waals surface area (Å²) in [7, 11) is 1.65. The highest BCUT2D eigenvalue weighted by Crippen LogP contribution is 2.31. The molecular weight excluding hydrogens is 732 g/mol. The average Bonchev–Trinajstić information content (AvgIpc) is 3.76. The Kier molecular flexibility index (Phi) is 14.5. The van der Waals surface area contributed by atoms with Crippen LogP contribution in [0, 0.1) is 5.92 Å². The predicted octanol–water partition coefficient (Wildman–Crippen LogP) is 2.99. The van der Waals surface area contributed by atoms with Gasteiger partial charge >= 0.3 is 12.1 Å². The number of halogens is 5. The highest BCUT2D eigenvalue weighted by molar-refractivity contribution is 6.42. The highest BCUT2D eigenvalue weighted by Gasteiger charge is 2.44. The minimum atomic E-state index is -5.08. The monoisotopic (exact) mass is 770 g/mol. The van der Waals surface area contributed by atoms with Gasteiger partial charge in [-0.3, -0.25) is 19.2 Å². The molecule has 0 bridgehead atoms. The summed E-state index contributed by atoms with van der Waals surface area (Å²) in [6.45, 7) is 5.44. The standard InChI is InChI=1S/C31H38Cl2N8O4.C2HF3O2/c1-17(2)27(37-29(43)18(3)35-4)31(45)40-15-21(41-16-25(38-39-41)20-10-11-22(32)23(33)13-20)14-26(40)30(44)36-24(28(34)42)12-19-8-6-5-7-9-19;3-2(4,5)1(6)7/h5-11,13,16-18,21,24,26-27,35H,12,14-15H2,1-4H3,(H2,34,42)(H,36,44)(H,37,43);(H,6,7)/t18-,21-,24-,26-,27-;/m0./s1. The van der Waals surface area contributed by atoms with E-state index in [1.807, 2.05) is 44.2 Å². The average molecular weight is 772 g/mol. The van der Waals surface area contributed by atoms with Crippen molar-refractivity contribution in [1.29, 1.82) is 0 Å². The van der Waals surface area contributed by atoms with Crippen LogP contribution in [0.2, 0.25) is 10.0 Å². The van der Waals surface area contributed by atoms with Crippen LogP contribution in [0.3, 0.4) is 0 Å². The minimum Gasteiger partial charge on any atom is -0.475 e. The largest absolute Gasteiger partial charge is 0.490 e. The molecule has 19 heteroatoms. The number of carbonyl (C=O) groups is 5. The molecule has 0 spiro atoms. The van der Waals surface area contributed by atoms with E-state index >= 15 is 0 Å². The molecule has 4 rings (SSSR count). The number of primary amides is 1. The smallest absolute Gasteiger partial charge is 0.475 e. The number of alkyl halides is 3. The maximum absolute atomic E-state index is 14.1. The summed E-state index contributed by atoms with van der Waals surface area (Å²) in [5.41, 5.74) is 7.72. The van der Waals surface area contributed by atoms with Crippen molar-refractivity contribution in [2.45, 2.75) is 70.0 Å². The first-order valence-electron chi connectivity index (χ1n) is 15.9. The van der Waals surface area contributed by atoms with Crippen molar-refractivity contribution >= 4 is 52.8 Å². The molecule has 1 aliphatic rings. The third kappa shape index (κ3) is 11.1. The first kappa shape index (κ1) is 41.7. The van der Waals surface area contributed by atoms with Crippen molar-refractivity contribution in [3.8, 4) is 11.3 Å². The second-order valence-electron chi connectivity index (χ2n) is 12.3. The van der Waals surface area contributed by atoms with E-state index in [0.29, 0.717) is 21.3 Å². The van der Waals surface area contributed by atoms with Gasteiger partial charge in [0, 0.05) is 24.9 Å². The van der Waals surface area contributed by atoms with E-state index < -0.39 is 60.1 Å². The lowest BCUT2D eigenvalue weighted by molar-refractivity contribution is -0.192. The topological polar surface area (TPSA) is 202 Å². The van der Waals surface area contributed by atoms with Crippen LogP contribution in [0.15, 0.2) is 54.7 Å². The zero-order chi connectivity index (χ0) is 38.9. The molecule has 282 valence electrons. The Morgan fingerprint density at radius 3 is 2.19 bits per heavy atom. The van der Waals surface area contributed by atoms with E-state index in [1.165, 1.54) is 4.90 Å². The molecule has 1 aliphatic heterocycles. The van der Waals surface area contributed by atoms with Crippen LogP contribution in [0.5, 0.6) is 0 Å². The normalized spacial score (nSPS) is 17.4. The Morgan fingerprint density at radius 1 is 1.02 bits per heavy atom. The van der Waals surface area contributed by atoms with Crippen LogP contribution in [0.25, 0.3) is 11.3 Å². The number of nitrogens with two attached hydrogens (primary N) is 1. The van der Waals surface area contributed by atoms with Crippen LogP contribution >= 0.6 is 23.2 Å². The van der Waals surface area contributed by atoms with Crippen molar-refractivity contribution < 1.29 is 42.3 Å². The molecule has 0 aliphatic carbocycles. The number of benzene rings is 2. The van der Waals surface area contributed by atoms with Gasteiger partial charge in [0.2, 0.25) is 23.6 Å². The Morgan fingerprint density at radius 2 is 1.65 bits per heavy atom. The quantitative estimate of drug-likeness (QED) is 0.184. The summed E-state index contributed by atoms with van der Waals surface area (Å²) >= 11 is 12.3. The predicted molar refractivity (Wildman–Crippen MR) is 185 cm³/mol. The van der Waals surface area contributed by atoms with Crippen molar-refractivity contribution in [2.75, 3.05) is 13.6 Å². The zero-order valence-electron chi connectivity index (χ0n) is 28.5. The third-order valence-electron chi connectivity index (χ3n) is 8.21. The molecule has 0 unspecified atom stereocenters. The molecule has 2 heterocycles. The van der Waals surface area contributed by atoms with E-state index in [-0.39, 0.29) is 31.2 Å². The number of hydrogen-bond donors (Lipinski definition) is 5. The van der Waals surface area contributed by atoms with Crippen molar-refractivity contribution in [1.82, 2.24) is 35.8 Å². The van der Waals surface area contributed by atoms with Gasteiger partial charge in [0.25, 0.3) is 0 Å². The fourth-order valence-electron chi connectivity index (χ4n) is 5.18. The SMILES string of the molecule is CN[C@@H](C)C(=O)N[C@H](C(=O)N1C[C@@H](n2cc(-c3ccc(Cl)c(Cl)c3)nn2)C[C@H]1C(=O)N[C@@H](Cc1ccccc1)C(N)=O)C(C)C.O=C(O)C(F)(F)F. The van der Waals surface area contributed by atoms with E-state index in [4.69, 9.17) is 38.8 Å². The number of carbonyl (C=O) groups excluding carboxylic acids is 4. The molecule has 5 atom stereocenters. The molecule has 1 aromatic heterocycles.